The van der Waals surface area contributed by atoms with Gasteiger partial charge in [-0.2, -0.15) is 0 Å². The summed E-state index contributed by atoms with van der Waals surface area (Å²) < 4.78 is 15.1. The number of esters is 1. The maximum atomic E-state index is 11.0. The van der Waals surface area contributed by atoms with Crippen molar-refractivity contribution < 1.29 is 19.0 Å². The molecule has 0 atom stereocenters. The highest BCUT2D eigenvalue weighted by atomic mass is 35.5. The summed E-state index contributed by atoms with van der Waals surface area (Å²) in [6.45, 7) is 2.28. The number of methoxy groups -OCH3 is 2. The van der Waals surface area contributed by atoms with Crippen LogP contribution in [-0.2, 0) is 20.8 Å². The third-order valence-electron chi connectivity index (χ3n) is 2.61. The Morgan fingerprint density at radius 3 is 2.80 bits per heavy atom. The Bertz CT molecular complexity index is 426. The average Bonchev–Trinajstić information content (AvgIpc) is 2.45. The fourth-order valence-corrected chi connectivity index (χ4v) is 1.77. The number of benzene rings is 1. The van der Waals surface area contributed by atoms with E-state index in [9.17, 15) is 4.79 Å². The van der Waals surface area contributed by atoms with E-state index in [1.165, 1.54) is 7.11 Å². The van der Waals surface area contributed by atoms with Gasteiger partial charge in [-0.1, -0.05) is 11.6 Å². The summed E-state index contributed by atoms with van der Waals surface area (Å²) in [5, 5.41) is 3.87. The van der Waals surface area contributed by atoms with Crippen LogP contribution in [0.2, 0.25) is 5.02 Å². The van der Waals surface area contributed by atoms with E-state index in [-0.39, 0.29) is 19.0 Å². The fourth-order valence-electron chi connectivity index (χ4n) is 1.57. The number of rotatable bonds is 9. The zero-order valence-corrected chi connectivity index (χ0v) is 12.5. The van der Waals surface area contributed by atoms with Crippen LogP contribution in [0.1, 0.15) is 12.0 Å². The molecule has 0 radical (unpaired) electrons. The van der Waals surface area contributed by atoms with Gasteiger partial charge >= 0.3 is 5.97 Å². The van der Waals surface area contributed by atoms with Crippen LogP contribution < -0.4 is 10.1 Å². The van der Waals surface area contributed by atoms with Gasteiger partial charge in [0.2, 0.25) is 0 Å². The number of ether oxygens (including phenoxy) is 3. The van der Waals surface area contributed by atoms with Gasteiger partial charge in [-0.3, -0.25) is 4.79 Å². The first kappa shape index (κ1) is 16.8. The van der Waals surface area contributed by atoms with E-state index in [2.05, 4.69) is 10.1 Å². The van der Waals surface area contributed by atoms with E-state index < -0.39 is 0 Å². The Kier molecular flexibility index (Phi) is 8.02. The van der Waals surface area contributed by atoms with Crippen molar-refractivity contribution in [3.63, 3.8) is 0 Å². The normalized spacial score (nSPS) is 10.3. The smallest absolute Gasteiger partial charge is 0.308 e. The predicted octanol–water partition coefficient (Wildman–Crippen LogP) is 2.02. The van der Waals surface area contributed by atoms with Crippen LogP contribution in [0.5, 0.6) is 5.75 Å². The van der Waals surface area contributed by atoms with E-state index in [1.807, 2.05) is 6.07 Å². The van der Waals surface area contributed by atoms with E-state index in [1.54, 1.807) is 19.2 Å². The molecular weight excluding hydrogens is 282 g/mol. The third-order valence-corrected chi connectivity index (χ3v) is 2.85. The molecule has 20 heavy (non-hydrogen) atoms. The van der Waals surface area contributed by atoms with Crippen LogP contribution in [0.3, 0.4) is 0 Å². The van der Waals surface area contributed by atoms with Crippen molar-refractivity contribution in [3.8, 4) is 5.75 Å². The number of hydrogen-bond donors (Lipinski definition) is 1. The molecule has 0 heterocycles. The minimum Gasteiger partial charge on any atom is -0.493 e. The van der Waals surface area contributed by atoms with Crippen LogP contribution >= 0.6 is 11.6 Å². The zero-order valence-electron chi connectivity index (χ0n) is 11.8. The molecule has 5 nitrogen and oxygen atoms in total. The van der Waals surface area contributed by atoms with Gasteiger partial charge in [0.25, 0.3) is 0 Å². The minimum atomic E-state index is -0.293. The third kappa shape index (κ3) is 6.23. The van der Waals surface area contributed by atoms with Crippen molar-refractivity contribution >= 4 is 17.6 Å². The predicted molar refractivity (Wildman–Crippen MR) is 77.2 cm³/mol. The summed E-state index contributed by atoms with van der Waals surface area (Å²) in [4.78, 5) is 11.0. The fraction of sp³-hybridized carbons (Fsp3) is 0.500. The monoisotopic (exact) mass is 301 g/mol. The van der Waals surface area contributed by atoms with Crippen molar-refractivity contribution in [2.24, 2.45) is 0 Å². The maximum absolute atomic E-state index is 11.0. The zero-order chi connectivity index (χ0) is 14.8. The summed E-state index contributed by atoms with van der Waals surface area (Å²) in [7, 11) is 3.01. The highest BCUT2D eigenvalue weighted by molar-refractivity contribution is 6.30. The lowest BCUT2D eigenvalue weighted by atomic mass is 10.2. The second-order valence-corrected chi connectivity index (χ2v) is 4.53. The highest BCUT2D eigenvalue weighted by Crippen LogP contribution is 2.23. The van der Waals surface area contributed by atoms with Crippen molar-refractivity contribution in [2.75, 3.05) is 34.0 Å². The van der Waals surface area contributed by atoms with Gasteiger partial charge in [0.1, 0.15) is 5.75 Å². The summed E-state index contributed by atoms with van der Waals surface area (Å²) >= 11 is 5.98. The molecule has 0 aromatic heterocycles. The molecule has 1 aromatic rings. The lowest BCUT2D eigenvalue weighted by molar-refractivity contribution is -0.141. The molecule has 0 amide bonds. The van der Waals surface area contributed by atoms with E-state index in [0.29, 0.717) is 23.9 Å². The summed E-state index contributed by atoms with van der Waals surface area (Å²) in [6.07, 6.45) is 0.218. The second kappa shape index (κ2) is 9.58. The van der Waals surface area contributed by atoms with Gasteiger partial charge in [-0.15, -0.1) is 0 Å². The Morgan fingerprint density at radius 2 is 2.10 bits per heavy atom. The van der Waals surface area contributed by atoms with Crippen molar-refractivity contribution in [1.82, 2.24) is 5.32 Å². The minimum absolute atomic E-state index is 0.218. The molecule has 112 valence electrons. The first-order chi connectivity index (χ1) is 9.67. The molecule has 1 rings (SSSR count). The number of carbonyl (C=O) groups is 1. The van der Waals surface area contributed by atoms with Crippen LogP contribution in [0.4, 0.5) is 0 Å². The Balaban J connectivity index is 2.53. The number of carbonyl (C=O) groups excluding carboxylic acids is 1. The lowest BCUT2D eigenvalue weighted by Gasteiger charge is -2.12. The van der Waals surface area contributed by atoms with Gasteiger partial charge in [0.15, 0.2) is 0 Å². The molecule has 0 unspecified atom stereocenters. The van der Waals surface area contributed by atoms with Gasteiger partial charge in [-0.05, 0) is 18.2 Å². The summed E-state index contributed by atoms with van der Waals surface area (Å²) in [5.41, 5.74) is 0.943. The standard InChI is InChI=1S/C14H20ClNO4/c1-18-8-6-16-10-11-9-12(15)3-4-13(11)20-7-5-14(17)19-2/h3-4,9,16H,5-8,10H2,1-2H3. The van der Waals surface area contributed by atoms with Crippen molar-refractivity contribution in [1.29, 1.82) is 0 Å². The van der Waals surface area contributed by atoms with Crippen LogP contribution in [-0.4, -0.2) is 39.9 Å². The lowest BCUT2D eigenvalue weighted by Crippen LogP contribution is -2.19. The molecule has 0 saturated carbocycles. The Labute approximate surface area is 124 Å². The van der Waals surface area contributed by atoms with E-state index >= 15 is 0 Å². The molecule has 1 aromatic carbocycles. The van der Waals surface area contributed by atoms with Crippen LogP contribution in [0.15, 0.2) is 18.2 Å². The number of hydrogen-bond acceptors (Lipinski definition) is 5. The highest BCUT2D eigenvalue weighted by Gasteiger charge is 2.06. The number of nitrogens with one attached hydrogen (secondary N) is 1. The first-order valence-electron chi connectivity index (χ1n) is 6.35. The average molecular weight is 302 g/mol. The van der Waals surface area contributed by atoms with Crippen molar-refractivity contribution in [2.45, 2.75) is 13.0 Å². The molecule has 0 aliphatic rings. The van der Waals surface area contributed by atoms with Crippen molar-refractivity contribution in [3.05, 3.63) is 28.8 Å². The molecule has 0 saturated heterocycles. The first-order valence-corrected chi connectivity index (χ1v) is 6.73. The Morgan fingerprint density at radius 1 is 1.30 bits per heavy atom. The molecule has 0 spiro atoms. The van der Waals surface area contributed by atoms with Crippen LogP contribution in [0, 0.1) is 0 Å². The van der Waals surface area contributed by atoms with Crippen LogP contribution in [0.25, 0.3) is 0 Å². The molecule has 0 aliphatic heterocycles. The topological polar surface area (TPSA) is 56.8 Å². The number of halogens is 1. The van der Waals surface area contributed by atoms with Gasteiger partial charge < -0.3 is 19.5 Å². The quantitative estimate of drug-likeness (QED) is 0.558. The van der Waals surface area contributed by atoms with Gasteiger partial charge in [0, 0.05) is 30.8 Å². The van der Waals surface area contributed by atoms with E-state index in [0.717, 1.165) is 12.1 Å². The SMILES string of the molecule is COCCNCc1cc(Cl)ccc1OCCC(=O)OC. The van der Waals surface area contributed by atoms with Gasteiger partial charge in [0.05, 0.1) is 26.7 Å². The molecular formula is C14H20ClNO4. The molecule has 0 bridgehead atoms. The van der Waals surface area contributed by atoms with Gasteiger partial charge in [-0.25, -0.2) is 0 Å². The Hall–Kier alpha value is -1.30. The summed E-state index contributed by atoms with van der Waals surface area (Å²) in [5.74, 6) is 0.418. The second-order valence-electron chi connectivity index (χ2n) is 4.10. The maximum Gasteiger partial charge on any atom is 0.308 e. The van der Waals surface area contributed by atoms with E-state index in [4.69, 9.17) is 21.1 Å². The largest absolute Gasteiger partial charge is 0.493 e. The molecule has 1 N–H and O–H groups in total. The molecule has 6 heteroatoms. The molecule has 0 aliphatic carbocycles. The summed E-state index contributed by atoms with van der Waals surface area (Å²) in [6, 6.07) is 5.40. The molecule has 0 fully saturated rings.